The summed E-state index contributed by atoms with van der Waals surface area (Å²) in [6, 6.07) is 0. The van der Waals surface area contributed by atoms with Gasteiger partial charge in [0.15, 0.2) is 0 Å². The van der Waals surface area contributed by atoms with Gasteiger partial charge in [-0.2, -0.15) is 0 Å². The lowest BCUT2D eigenvalue weighted by Gasteiger charge is -2.37. The van der Waals surface area contributed by atoms with Crippen LogP contribution in [0.15, 0.2) is 6.20 Å². The van der Waals surface area contributed by atoms with E-state index in [1.54, 1.807) is 0 Å². The molecule has 3 heteroatoms. The topological polar surface area (TPSA) is 24.9 Å². The van der Waals surface area contributed by atoms with Gasteiger partial charge < -0.3 is 5.32 Å². The maximum atomic E-state index is 4.39. The molecule has 0 bridgehead atoms. The molecule has 1 aromatic heterocycles. The first-order valence-electron chi connectivity index (χ1n) is 6.86. The Morgan fingerprint density at radius 3 is 2.71 bits per heavy atom. The fraction of sp³-hybridized carbons (Fsp3) is 0.786. The average Bonchev–Trinajstić information content (AvgIpc) is 2.73. The molecule has 1 aromatic rings. The van der Waals surface area contributed by atoms with Crippen LogP contribution in [0.2, 0.25) is 0 Å². The van der Waals surface area contributed by atoms with E-state index in [1.807, 2.05) is 11.3 Å². The summed E-state index contributed by atoms with van der Waals surface area (Å²) in [4.78, 5) is 5.87. The van der Waals surface area contributed by atoms with Gasteiger partial charge in [-0.05, 0) is 38.1 Å². The Bertz CT molecular complexity index is 340. The molecule has 2 nitrogen and oxygen atoms in total. The summed E-state index contributed by atoms with van der Waals surface area (Å²) >= 11 is 1.87. The van der Waals surface area contributed by atoms with E-state index < -0.39 is 0 Å². The third-order valence-corrected chi connectivity index (χ3v) is 4.80. The van der Waals surface area contributed by atoms with E-state index in [0.29, 0.717) is 5.41 Å². The van der Waals surface area contributed by atoms with Crippen molar-refractivity contribution in [2.75, 3.05) is 13.1 Å². The number of nitrogens with one attached hydrogen (secondary N) is 1. The summed E-state index contributed by atoms with van der Waals surface area (Å²) in [5, 5.41) is 4.77. The monoisotopic (exact) mass is 252 g/mol. The van der Waals surface area contributed by atoms with Gasteiger partial charge in [0.25, 0.3) is 0 Å². The largest absolute Gasteiger partial charge is 0.316 e. The third kappa shape index (κ3) is 3.52. The number of aryl methyl sites for hydroxylation is 1. The minimum atomic E-state index is 0.507. The summed E-state index contributed by atoms with van der Waals surface area (Å²) in [6.45, 7) is 6.57. The maximum Gasteiger partial charge on any atom is 0.0896 e. The fourth-order valence-corrected chi connectivity index (χ4v) is 3.93. The molecule has 0 aliphatic heterocycles. The fourth-order valence-electron chi connectivity index (χ4n) is 2.96. The van der Waals surface area contributed by atoms with Crippen molar-refractivity contribution in [1.29, 1.82) is 0 Å². The van der Waals surface area contributed by atoms with Crippen molar-refractivity contribution >= 4 is 11.3 Å². The Morgan fingerprint density at radius 1 is 1.35 bits per heavy atom. The Hall–Kier alpha value is -0.410. The Balaban J connectivity index is 2.03. The van der Waals surface area contributed by atoms with Crippen molar-refractivity contribution in [3.05, 3.63) is 16.1 Å². The van der Waals surface area contributed by atoms with Crippen LogP contribution in [0.5, 0.6) is 0 Å². The van der Waals surface area contributed by atoms with Crippen molar-refractivity contribution in [1.82, 2.24) is 10.3 Å². The van der Waals surface area contributed by atoms with Gasteiger partial charge in [0, 0.05) is 17.6 Å². The standard InChI is InChI=1S/C14H24N2S/c1-3-15-11-14(7-5-4-6-8-14)9-13-10-16-12(2)17-13/h10,15H,3-9,11H2,1-2H3. The maximum absolute atomic E-state index is 4.39. The summed E-state index contributed by atoms with van der Waals surface area (Å²) in [6.07, 6.45) is 10.3. The minimum Gasteiger partial charge on any atom is -0.316 e. The van der Waals surface area contributed by atoms with Crippen LogP contribution in [0.25, 0.3) is 0 Å². The highest BCUT2D eigenvalue weighted by molar-refractivity contribution is 7.11. The Morgan fingerprint density at radius 2 is 2.12 bits per heavy atom. The van der Waals surface area contributed by atoms with E-state index in [9.17, 15) is 0 Å². The van der Waals surface area contributed by atoms with Gasteiger partial charge in [0.1, 0.15) is 0 Å². The smallest absolute Gasteiger partial charge is 0.0896 e. The zero-order valence-corrected chi connectivity index (χ0v) is 11.9. The van der Waals surface area contributed by atoms with Crippen LogP contribution in [0.4, 0.5) is 0 Å². The van der Waals surface area contributed by atoms with E-state index in [1.165, 1.54) is 55.0 Å². The van der Waals surface area contributed by atoms with Crippen LogP contribution < -0.4 is 5.32 Å². The van der Waals surface area contributed by atoms with E-state index in [0.717, 1.165) is 6.54 Å². The van der Waals surface area contributed by atoms with Gasteiger partial charge in [0.2, 0.25) is 0 Å². The lowest BCUT2D eigenvalue weighted by atomic mass is 9.71. The highest BCUT2D eigenvalue weighted by Gasteiger charge is 2.32. The highest BCUT2D eigenvalue weighted by Crippen LogP contribution is 2.39. The molecule has 1 aliphatic carbocycles. The van der Waals surface area contributed by atoms with Crippen LogP contribution >= 0.6 is 11.3 Å². The normalized spacial score (nSPS) is 19.4. The molecular formula is C14H24N2S. The second-order valence-corrected chi connectivity index (χ2v) is 6.68. The number of thiazole rings is 1. The molecule has 0 saturated heterocycles. The molecule has 17 heavy (non-hydrogen) atoms. The lowest BCUT2D eigenvalue weighted by Crippen LogP contribution is -2.37. The first-order valence-corrected chi connectivity index (χ1v) is 7.68. The second kappa shape index (κ2) is 5.96. The first-order chi connectivity index (χ1) is 8.24. The predicted octanol–water partition coefficient (Wildman–Crippen LogP) is 3.55. The van der Waals surface area contributed by atoms with Crippen molar-refractivity contribution in [2.24, 2.45) is 5.41 Å². The summed E-state index contributed by atoms with van der Waals surface area (Å²) < 4.78 is 0. The second-order valence-electron chi connectivity index (χ2n) is 5.36. The van der Waals surface area contributed by atoms with Crippen LogP contribution in [-0.4, -0.2) is 18.1 Å². The van der Waals surface area contributed by atoms with Crippen LogP contribution in [-0.2, 0) is 6.42 Å². The average molecular weight is 252 g/mol. The molecule has 0 unspecified atom stereocenters. The predicted molar refractivity (Wildman–Crippen MR) is 74.6 cm³/mol. The van der Waals surface area contributed by atoms with E-state index in [2.05, 4.69) is 30.3 Å². The summed E-state index contributed by atoms with van der Waals surface area (Å²) in [5.74, 6) is 0. The van der Waals surface area contributed by atoms with Gasteiger partial charge in [-0.1, -0.05) is 26.2 Å². The number of hydrogen-bond acceptors (Lipinski definition) is 3. The summed E-state index contributed by atoms with van der Waals surface area (Å²) in [7, 11) is 0. The zero-order valence-electron chi connectivity index (χ0n) is 11.1. The molecular weight excluding hydrogens is 228 g/mol. The first kappa shape index (κ1) is 13.0. The van der Waals surface area contributed by atoms with Crippen LogP contribution in [0.1, 0.15) is 48.9 Å². The van der Waals surface area contributed by atoms with Gasteiger partial charge in [-0.3, -0.25) is 0 Å². The third-order valence-electron chi connectivity index (χ3n) is 3.88. The van der Waals surface area contributed by atoms with Crippen molar-refractivity contribution in [3.8, 4) is 0 Å². The van der Waals surface area contributed by atoms with E-state index >= 15 is 0 Å². The number of nitrogens with zero attached hydrogens (tertiary/aromatic N) is 1. The number of aromatic nitrogens is 1. The van der Waals surface area contributed by atoms with Crippen molar-refractivity contribution in [3.63, 3.8) is 0 Å². The van der Waals surface area contributed by atoms with E-state index in [4.69, 9.17) is 0 Å². The van der Waals surface area contributed by atoms with Crippen molar-refractivity contribution < 1.29 is 0 Å². The molecule has 0 amide bonds. The number of rotatable bonds is 5. The van der Waals surface area contributed by atoms with Gasteiger partial charge in [-0.15, -0.1) is 11.3 Å². The molecule has 1 N–H and O–H groups in total. The molecule has 0 atom stereocenters. The SMILES string of the molecule is CCNCC1(Cc2cnc(C)s2)CCCCC1. The quantitative estimate of drug-likeness (QED) is 0.867. The molecule has 0 radical (unpaired) electrons. The molecule has 0 spiro atoms. The van der Waals surface area contributed by atoms with Crippen molar-refractivity contribution in [2.45, 2.75) is 52.4 Å². The zero-order chi connectivity index (χ0) is 12.1. The Kier molecular flexibility index (Phi) is 4.57. The minimum absolute atomic E-state index is 0.507. The van der Waals surface area contributed by atoms with E-state index in [-0.39, 0.29) is 0 Å². The Labute approximate surface area is 109 Å². The lowest BCUT2D eigenvalue weighted by molar-refractivity contribution is 0.183. The molecule has 1 fully saturated rings. The van der Waals surface area contributed by atoms with Gasteiger partial charge in [0.05, 0.1) is 5.01 Å². The molecule has 2 rings (SSSR count). The van der Waals surface area contributed by atoms with Crippen LogP contribution in [0.3, 0.4) is 0 Å². The molecule has 1 saturated carbocycles. The molecule has 1 heterocycles. The molecule has 0 aromatic carbocycles. The highest BCUT2D eigenvalue weighted by atomic mass is 32.1. The van der Waals surface area contributed by atoms with Crippen LogP contribution in [0, 0.1) is 12.3 Å². The summed E-state index contributed by atoms with van der Waals surface area (Å²) in [5.41, 5.74) is 0.507. The molecule has 96 valence electrons. The number of hydrogen-bond donors (Lipinski definition) is 1. The van der Waals surface area contributed by atoms with Gasteiger partial charge in [-0.25, -0.2) is 4.98 Å². The van der Waals surface area contributed by atoms with Gasteiger partial charge >= 0.3 is 0 Å². The molecule has 1 aliphatic rings.